The van der Waals surface area contributed by atoms with E-state index < -0.39 is 0 Å². The Kier molecular flexibility index (Phi) is 3.15. The van der Waals surface area contributed by atoms with Gasteiger partial charge in [0.25, 0.3) is 0 Å². The SMILES string of the molecule is Cc1ccc([C@@H]2C=C(c3ccc(F)cc3)Nc3nnnn32)cc1. The summed E-state index contributed by atoms with van der Waals surface area (Å²) in [5.74, 6) is 0.308. The van der Waals surface area contributed by atoms with Crippen LogP contribution in [-0.4, -0.2) is 20.2 Å². The molecule has 1 aliphatic rings. The molecular weight excluding hydrogens is 293 g/mol. The molecule has 0 saturated heterocycles. The van der Waals surface area contributed by atoms with Crippen molar-refractivity contribution >= 4 is 11.6 Å². The first-order chi connectivity index (χ1) is 11.2. The Labute approximate surface area is 132 Å². The summed E-state index contributed by atoms with van der Waals surface area (Å²) < 4.78 is 14.9. The van der Waals surface area contributed by atoms with Crippen molar-refractivity contribution < 1.29 is 4.39 Å². The molecule has 0 fully saturated rings. The third-order valence-corrected chi connectivity index (χ3v) is 3.90. The maximum atomic E-state index is 13.1. The van der Waals surface area contributed by atoms with Crippen LogP contribution in [0.25, 0.3) is 5.70 Å². The van der Waals surface area contributed by atoms with Gasteiger partial charge in [-0.25, -0.2) is 4.39 Å². The van der Waals surface area contributed by atoms with Gasteiger partial charge in [0, 0.05) is 5.70 Å². The van der Waals surface area contributed by atoms with Gasteiger partial charge in [-0.15, -0.1) is 0 Å². The second kappa shape index (κ2) is 5.31. The molecule has 0 aliphatic carbocycles. The Morgan fingerprint density at radius 1 is 1.04 bits per heavy atom. The first-order valence-corrected chi connectivity index (χ1v) is 7.30. The average molecular weight is 307 g/mol. The number of aromatic nitrogens is 4. The van der Waals surface area contributed by atoms with Crippen LogP contribution in [-0.2, 0) is 0 Å². The van der Waals surface area contributed by atoms with Crippen molar-refractivity contribution in [1.82, 2.24) is 20.2 Å². The molecule has 2 aromatic carbocycles. The van der Waals surface area contributed by atoms with Crippen molar-refractivity contribution in [1.29, 1.82) is 0 Å². The van der Waals surface area contributed by atoms with E-state index in [1.807, 2.05) is 6.08 Å². The van der Waals surface area contributed by atoms with Gasteiger partial charge in [-0.05, 0) is 58.8 Å². The third kappa shape index (κ3) is 2.48. The summed E-state index contributed by atoms with van der Waals surface area (Å²) in [5, 5.41) is 15.0. The molecule has 0 spiro atoms. The number of anilines is 1. The highest BCUT2D eigenvalue weighted by Crippen LogP contribution is 2.31. The summed E-state index contributed by atoms with van der Waals surface area (Å²) in [6.45, 7) is 2.05. The minimum Gasteiger partial charge on any atom is -0.323 e. The van der Waals surface area contributed by atoms with Crippen LogP contribution in [0.2, 0.25) is 0 Å². The minimum absolute atomic E-state index is 0.109. The van der Waals surface area contributed by atoms with Gasteiger partial charge in [0.1, 0.15) is 11.9 Å². The highest BCUT2D eigenvalue weighted by Gasteiger charge is 2.24. The molecule has 3 aromatic rings. The molecule has 1 N–H and O–H groups in total. The largest absolute Gasteiger partial charge is 0.323 e. The van der Waals surface area contributed by atoms with E-state index in [4.69, 9.17) is 0 Å². The number of fused-ring (bicyclic) bond motifs is 1. The lowest BCUT2D eigenvalue weighted by molar-refractivity contribution is 0.585. The second-order valence-electron chi connectivity index (χ2n) is 5.51. The first-order valence-electron chi connectivity index (χ1n) is 7.30. The number of allylic oxidation sites excluding steroid dienone is 1. The van der Waals surface area contributed by atoms with Gasteiger partial charge in [0.2, 0.25) is 5.95 Å². The molecule has 1 atom stereocenters. The maximum absolute atomic E-state index is 13.1. The topological polar surface area (TPSA) is 55.6 Å². The average Bonchev–Trinajstić information content (AvgIpc) is 3.04. The molecule has 0 amide bonds. The Bertz CT molecular complexity index is 865. The maximum Gasteiger partial charge on any atom is 0.248 e. The van der Waals surface area contributed by atoms with Crippen LogP contribution in [0.4, 0.5) is 10.3 Å². The Morgan fingerprint density at radius 2 is 1.78 bits per heavy atom. The smallest absolute Gasteiger partial charge is 0.248 e. The number of nitrogens with one attached hydrogen (secondary N) is 1. The van der Waals surface area contributed by atoms with Crippen LogP contribution in [0.15, 0.2) is 54.6 Å². The van der Waals surface area contributed by atoms with Crippen LogP contribution in [0.1, 0.15) is 22.7 Å². The first kappa shape index (κ1) is 13.6. The van der Waals surface area contributed by atoms with Gasteiger partial charge in [-0.1, -0.05) is 34.9 Å². The number of rotatable bonds is 2. The summed E-state index contributed by atoms with van der Waals surface area (Å²) in [5.41, 5.74) is 4.03. The number of tetrazole rings is 1. The molecule has 114 valence electrons. The fourth-order valence-electron chi connectivity index (χ4n) is 2.65. The van der Waals surface area contributed by atoms with E-state index in [2.05, 4.69) is 52.0 Å². The molecule has 2 heterocycles. The second-order valence-corrected chi connectivity index (χ2v) is 5.51. The van der Waals surface area contributed by atoms with Crippen LogP contribution in [0, 0.1) is 12.7 Å². The van der Waals surface area contributed by atoms with Gasteiger partial charge < -0.3 is 5.32 Å². The zero-order valence-electron chi connectivity index (χ0n) is 12.4. The van der Waals surface area contributed by atoms with Gasteiger partial charge in [-0.3, -0.25) is 0 Å². The third-order valence-electron chi connectivity index (χ3n) is 3.90. The lowest BCUT2D eigenvalue weighted by atomic mass is 10.0. The molecule has 0 saturated carbocycles. The standard InChI is InChI=1S/C17H14FN5/c1-11-2-4-13(5-3-11)16-10-15(12-6-8-14(18)9-7-12)19-17-20-21-22-23(16)17/h2-10,16H,1H3,(H,19,20,22)/t16-/m0/s1. The molecule has 1 aliphatic heterocycles. The monoisotopic (exact) mass is 307 g/mol. The quantitative estimate of drug-likeness (QED) is 0.790. The molecule has 5 nitrogen and oxygen atoms in total. The van der Waals surface area contributed by atoms with Crippen molar-refractivity contribution in [2.45, 2.75) is 13.0 Å². The van der Waals surface area contributed by atoms with Crippen molar-refractivity contribution in [3.8, 4) is 0 Å². The van der Waals surface area contributed by atoms with E-state index in [1.54, 1.807) is 16.8 Å². The highest BCUT2D eigenvalue weighted by molar-refractivity contribution is 5.76. The Balaban J connectivity index is 1.79. The van der Waals surface area contributed by atoms with Crippen LogP contribution in [0.3, 0.4) is 0 Å². The number of nitrogens with zero attached hydrogens (tertiary/aromatic N) is 4. The normalized spacial score (nSPS) is 16.4. The molecular formula is C17H14FN5. The molecule has 23 heavy (non-hydrogen) atoms. The Hall–Kier alpha value is -3.02. The zero-order chi connectivity index (χ0) is 15.8. The fraction of sp³-hybridized carbons (Fsp3) is 0.118. The number of benzene rings is 2. The summed E-state index contributed by atoms with van der Waals surface area (Å²) in [6.07, 6.45) is 2.04. The zero-order valence-corrected chi connectivity index (χ0v) is 12.4. The van der Waals surface area contributed by atoms with Gasteiger partial charge in [-0.2, -0.15) is 4.68 Å². The summed E-state index contributed by atoms with van der Waals surface area (Å²) in [6, 6.07) is 14.5. The molecule has 0 radical (unpaired) electrons. The predicted molar refractivity (Wildman–Crippen MR) is 85.1 cm³/mol. The minimum atomic E-state index is -0.259. The number of aryl methyl sites for hydroxylation is 1. The predicted octanol–water partition coefficient (Wildman–Crippen LogP) is 3.18. The van der Waals surface area contributed by atoms with E-state index in [0.29, 0.717) is 5.95 Å². The molecule has 6 heteroatoms. The number of hydrogen-bond donors (Lipinski definition) is 1. The molecule has 1 aromatic heterocycles. The van der Waals surface area contributed by atoms with Crippen LogP contribution >= 0.6 is 0 Å². The van der Waals surface area contributed by atoms with Gasteiger partial charge in [0.15, 0.2) is 0 Å². The number of halogens is 1. The van der Waals surface area contributed by atoms with Gasteiger partial charge in [0.05, 0.1) is 0 Å². The summed E-state index contributed by atoms with van der Waals surface area (Å²) >= 11 is 0. The molecule has 0 unspecified atom stereocenters. The van der Waals surface area contributed by atoms with Crippen LogP contribution in [0.5, 0.6) is 0 Å². The molecule has 4 rings (SSSR count). The number of hydrogen-bond acceptors (Lipinski definition) is 4. The van der Waals surface area contributed by atoms with E-state index in [-0.39, 0.29) is 11.9 Å². The van der Waals surface area contributed by atoms with E-state index >= 15 is 0 Å². The van der Waals surface area contributed by atoms with Crippen molar-refractivity contribution in [3.63, 3.8) is 0 Å². The van der Waals surface area contributed by atoms with Crippen molar-refractivity contribution in [2.24, 2.45) is 0 Å². The summed E-state index contributed by atoms with van der Waals surface area (Å²) in [4.78, 5) is 0. The summed E-state index contributed by atoms with van der Waals surface area (Å²) in [7, 11) is 0. The van der Waals surface area contributed by atoms with Gasteiger partial charge >= 0.3 is 0 Å². The van der Waals surface area contributed by atoms with Crippen molar-refractivity contribution in [3.05, 3.63) is 77.1 Å². The Morgan fingerprint density at radius 3 is 2.52 bits per heavy atom. The highest BCUT2D eigenvalue weighted by atomic mass is 19.1. The van der Waals surface area contributed by atoms with E-state index in [0.717, 1.165) is 16.8 Å². The van der Waals surface area contributed by atoms with Crippen LogP contribution < -0.4 is 5.32 Å². The lowest BCUT2D eigenvalue weighted by Crippen LogP contribution is -2.20. The lowest BCUT2D eigenvalue weighted by Gasteiger charge is -2.23. The van der Waals surface area contributed by atoms with Crippen molar-refractivity contribution in [2.75, 3.05) is 5.32 Å². The molecule has 0 bridgehead atoms. The fourth-order valence-corrected chi connectivity index (χ4v) is 2.65. The van der Waals surface area contributed by atoms with E-state index in [9.17, 15) is 4.39 Å². The van der Waals surface area contributed by atoms with E-state index in [1.165, 1.54) is 17.7 Å².